The van der Waals surface area contributed by atoms with Crippen LogP contribution in [0.15, 0.2) is 5.29 Å². The molecule has 0 aliphatic heterocycles. The summed E-state index contributed by atoms with van der Waals surface area (Å²) in [5.41, 5.74) is 6.42. The fourth-order valence-corrected chi connectivity index (χ4v) is 0.110. The standard InChI is InChI=1S/C2H5N3O2/c3-2(6)1-4-5-7/h1H2,(H2,3,6)(H,4,7). The summed E-state index contributed by atoms with van der Waals surface area (Å²) in [6, 6.07) is 0. The van der Waals surface area contributed by atoms with Crippen LogP contribution in [-0.2, 0) is 4.79 Å². The Morgan fingerprint density at radius 1 is 1.86 bits per heavy atom. The molecule has 0 spiro atoms. The first-order valence-electron chi connectivity index (χ1n) is 1.61. The Morgan fingerprint density at radius 3 is 2.57 bits per heavy atom. The molecule has 3 N–H and O–H groups in total. The second-order valence-corrected chi connectivity index (χ2v) is 0.892. The topological polar surface area (TPSA) is 84.6 Å². The number of nitrogens with one attached hydrogen (secondary N) is 1. The zero-order valence-electron chi connectivity index (χ0n) is 3.55. The highest BCUT2D eigenvalue weighted by Gasteiger charge is 1.86. The van der Waals surface area contributed by atoms with Gasteiger partial charge < -0.3 is 5.73 Å². The Kier molecular flexibility index (Phi) is 2.58. The summed E-state index contributed by atoms with van der Waals surface area (Å²) in [6.07, 6.45) is 0. The number of nitroso groups, excluding NO2 is 1. The van der Waals surface area contributed by atoms with E-state index in [1.165, 1.54) is 0 Å². The molecule has 0 aromatic carbocycles. The largest absolute Gasteiger partial charge is 0.368 e. The molecule has 0 aromatic rings. The summed E-state index contributed by atoms with van der Waals surface area (Å²) >= 11 is 0. The van der Waals surface area contributed by atoms with Crippen LogP contribution in [0, 0.1) is 4.91 Å². The van der Waals surface area contributed by atoms with Gasteiger partial charge in [0.15, 0.2) is 0 Å². The van der Waals surface area contributed by atoms with Crippen molar-refractivity contribution < 1.29 is 4.79 Å². The van der Waals surface area contributed by atoms with E-state index in [1.807, 2.05) is 5.43 Å². The van der Waals surface area contributed by atoms with Crippen LogP contribution in [0.3, 0.4) is 0 Å². The second-order valence-electron chi connectivity index (χ2n) is 0.892. The number of hydrogen-bond donors (Lipinski definition) is 2. The number of primary amides is 1. The van der Waals surface area contributed by atoms with Gasteiger partial charge in [-0.05, 0) is 0 Å². The monoisotopic (exact) mass is 103 g/mol. The van der Waals surface area contributed by atoms with Crippen molar-refractivity contribution in [2.45, 2.75) is 0 Å². The number of hydrogen-bond acceptors (Lipinski definition) is 3. The van der Waals surface area contributed by atoms with Gasteiger partial charge in [0.2, 0.25) is 5.91 Å². The van der Waals surface area contributed by atoms with Crippen LogP contribution in [0.1, 0.15) is 0 Å². The van der Waals surface area contributed by atoms with Gasteiger partial charge in [0.25, 0.3) is 0 Å². The van der Waals surface area contributed by atoms with Crippen molar-refractivity contribution >= 4 is 5.91 Å². The lowest BCUT2D eigenvalue weighted by Gasteiger charge is -1.85. The number of nitrogens with two attached hydrogens (primary N) is 1. The molecule has 7 heavy (non-hydrogen) atoms. The number of rotatable bonds is 3. The van der Waals surface area contributed by atoms with E-state index in [4.69, 9.17) is 4.91 Å². The van der Waals surface area contributed by atoms with Gasteiger partial charge in [-0.15, -0.1) is 4.91 Å². The average molecular weight is 103 g/mol. The van der Waals surface area contributed by atoms with Gasteiger partial charge >= 0.3 is 0 Å². The molecule has 0 aliphatic rings. The lowest BCUT2D eigenvalue weighted by Crippen LogP contribution is -2.24. The van der Waals surface area contributed by atoms with E-state index in [1.54, 1.807) is 0 Å². The van der Waals surface area contributed by atoms with Crippen molar-refractivity contribution in [2.24, 2.45) is 11.0 Å². The van der Waals surface area contributed by atoms with Crippen LogP contribution in [-0.4, -0.2) is 12.5 Å². The Hall–Kier alpha value is -1.13. The van der Waals surface area contributed by atoms with E-state index in [2.05, 4.69) is 11.0 Å². The third-order valence-corrected chi connectivity index (χ3v) is 0.318. The van der Waals surface area contributed by atoms with Gasteiger partial charge in [0, 0.05) is 0 Å². The Labute approximate surface area is 39.8 Å². The highest BCUT2D eigenvalue weighted by atomic mass is 16.3. The molecule has 1 amide bonds. The molecule has 40 valence electrons. The third-order valence-electron chi connectivity index (χ3n) is 0.318. The van der Waals surface area contributed by atoms with Crippen LogP contribution >= 0.6 is 0 Å². The molecular formula is C2H5N3O2. The fraction of sp³-hybridized carbons (Fsp3) is 0.500. The molecular weight excluding hydrogens is 98.0 g/mol. The Morgan fingerprint density at radius 2 is 2.43 bits per heavy atom. The Bertz CT molecular complexity index is 81.0. The van der Waals surface area contributed by atoms with Gasteiger partial charge in [0.05, 0.1) is 5.29 Å². The highest BCUT2D eigenvalue weighted by Crippen LogP contribution is 1.52. The summed E-state index contributed by atoms with van der Waals surface area (Å²) in [5, 5.41) is 2.17. The normalized spacial score (nSPS) is 7.43. The summed E-state index contributed by atoms with van der Waals surface area (Å²) < 4.78 is 0. The van der Waals surface area contributed by atoms with E-state index in [-0.39, 0.29) is 6.54 Å². The van der Waals surface area contributed by atoms with E-state index < -0.39 is 5.91 Å². The number of carbonyl (C=O) groups is 1. The Balaban J connectivity index is 2.97. The molecule has 0 fully saturated rings. The lowest BCUT2D eigenvalue weighted by atomic mass is 10.7. The molecule has 0 atom stereocenters. The van der Waals surface area contributed by atoms with Crippen molar-refractivity contribution in [1.29, 1.82) is 0 Å². The maximum absolute atomic E-state index is 9.72. The van der Waals surface area contributed by atoms with Crippen molar-refractivity contribution in [3.8, 4) is 0 Å². The van der Waals surface area contributed by atoms with Crippen molar-refractivity contribution in [2.75, 3.05) is 6.54 Å². The van der Waals surface area contributed by atoms with Gasteiger partial charge in [0.1, 0.15) is 6.54 Å². The minimum atomic E-state index is -0.598. The average Bonchev–Trinajstić information content (AvgIpc) is 1.61. The van der Waals surface area contributed by atoms with Crippen LogP contribution in [0.5, 0.6) is 0 Å². The quantitative estimate of drug-likeness (QED) is 0.345. The first-order valence-corrected chi connectivity index (χ1v) is 1.61. The molecule has 0 bridgehead atoms. The van der Waals surface area contributed by atoms with Crippen LogP contribution < -0.4 is 11.2 Å². The van der Waals surface area contributed by atoms with Crippen molar-refractivity contribution in [1.82, 2.24) is 5.43 Å². The fourth-order valence-electron chi connectivity index (χ4n) is 0.110. The molecule has 5 heteroatoms. The minimum absolute atomic E-state index is 0.191. The molecule has 0 aromatic heterocycles. The summed E-state index contributed by atoms with van der Waals surface area (Å²) in [6.45, 7) is -0.191. The van der Waals surface area contributed by atoms with Crippen LogP contribution in [0.25, 0.3) is 0 Å². The number of carbonyl (C=O) groups excluding carboxylic acids is 1. The molecule has 5 nitrogen and oxygen atoms in total. The van der Waals surface area contributed by atoms with E-state index in [0.29, 0.717) is 0 Å². The lowest BCUT2D eigenvalue weighted by molar-refractivity contribution is -0.117. The molecule has 0 saturated carbocycles. The zero-order chi connectivity index (χ0) is 5.70. The minimum Gasteiger partial charge on any atom is -0.368 e. The van der Waals surface area contributed by atoms with Gasteiger partial charge in [-0.1, -0.05) is 0 Å². The van der Waals surface area contributed by atoms with Crippen LogP contribution in [0.2, 0.25) is 0 Å². The first-order chi connectivity index (χ1) is 3.27. The van der Waals surface area contributed by atoms with E-state index >= 15 is 0 Å². The molecule has 0 aliphatic carbocycles. The molecule has 0 saturated heterocycles. The van der Waals surface area contributed by atoms with Gasteiger partial charge in [-0.3, -0.25) is 10.2 Å². The third kappa shape index (κ3) is 4.87. The number of nitrogens with zero attached hydrogens (tertiary/aromatic N) is 1. The predicted octanol–water partition coefficient (Wildman–Crippen LogP) is -1.26. The zero-order valence-corrected chi connectivity index (χ0v) is 3.55. The highest BCUT2D eigenvalue weighted by molar-refractivity contribution is 5.75. The van der Waals surface area contributed by atoms with Crippen molar-refractivity contribution in [3.63, 3.8) is 0 Å². The van der Waals surface area contributed by atoms with Crippen molar-refractivity contribution in [3.05, 3.63) is 4.91 Å². The summed E-state index contributed by atoms with van der Waals surface area (Å²) in [5.74, 6) is -0.598. The summed E-state index contributed by atoms with van der Waals surface area (Å²) in [4.78, 5) is 18.9. The van der Waals surface area contributed by atoms with E-state index in [9.17, 15) is 4.79 Å². The van der Waals surface area contributed by atoms with Gasteiger partial charge in [-0.25, -0.2) is 0 Å². The molecule has 0 unspecified atom stereocenters. The molecule has 0 heterocycles. The smallest absolute Gasteiger partial charge is 0.238 e. The SMILES string of the molecule is NC(=O)CNN=O. The summed E-state index contributed by atoms with van der Waals surface area (Å²) in [7, 11) is 0. The predicted molar refractivity (Wildman–Crippen MR) is 23.0 cm³/mol. The van der Waals surface area contributed by atoms with Gasteiger partial charge in [-0.2, -0.15) is 0 Å². The molecule has 0 radical (unpaired) electrons. The van der Waals surface area contributed by atoms with Crippen LogP contribution in [0.4, 0.5) is 0 Å². The van der Waals surface area contributed by atoms with E-state index in [0.717, 1.165) is 0 Å². The maximum Gasteiger partial charge on any atom is 0.238 e. The molecule has 0 rings (SSSR count). The number of amides is 1. The first kappa shape index (κ1) is 5.87. The maximum atomic E-state index is 9.72. The second kappa shape index (κ2) is 3.08.